The number of carbonyl (C=O) groups excluding carboxylic acids is 4. The third-order valence-electron chi connectivity index (χ3n) is 6.09. The standard InChI is InChI=1S/C29H18ClNO7S/c30-19-12-9-17(10-13-19)24(32)16-38-29(35)20-5-1-3-7-23(20)31-28(34)18-11-14-22-26(15-18)39(36,37)25-8-4-2-6-21(25)27(22)33/h1-15H,16H2,(H,31,34). The lowest BCUT2D eigenvalue weighted by molar-refractivity contribution is 0.0475. The van der Waals surface area contributed by atoms with Crippen molar-refractivity contribution in [2.75, 3.05) is 11.9 Å². The van der Waals surface area contributed by atoms with Crippen molar-refractivity contribution in [1.82, 2.24) is 0 Å². The van der Waals surface area contributed by atoms with Crippen LogP contribution in [0.5, 0.6) is 0 Å². The van der Waals surface area contributed by atoms with E-state index in [0.29, 0.717) is 10.6 Å². The number of amides is 1. The summed E-state index contributed by atoms with van der Waals surface area (Å²) in [4.78, 5) is 50.6. The largest absolute Gasteiger partial charge is 0.454 e. The third kappa shape index (κ3) is 4.97. The lowest BCUT2D eigenvalue weighted by Crippen LogP contribution is -2.22. The van der Waals surface area contributed by atoms with E-state index in [1.807, 2.05) is 0 Å². The summed E-state index contributed by atoms with van der Waals surface area (Å²) in [5.41, 5.74) is 0.407. The average Bonchev–Trinajstić information content (AvgIpc) is 2.95. The van der Waals surface area contributed by atoms with Crippen LogP contribution in [0.25, 0.3) is 0 Å². The summed E-state index contributed by atoms with van der Waals surface area (Å²) in [6.07, 6.45) is 0. The molecule has 0 atom stereocenters. The molecule has 0 aromatic heterocycles. The Balaban J connectivity index is 1.35. The van der Waals surface area contributed by atoms with Crippen LogP contribution in [0.4, 0.5) is 5.69 Å². The van der Waals surface area contributed by atoms with Crippen LogP contribution in [0, 0.1) is 0 Å². The van der Waals surface area contributed by atoms with Crippen LogP contribution in [0.1, 0.15) is 47.0 Å². The fourth-order valence-corrected chi connectivity index (χ4v) is 5.92. The summed E-state index contributed by atoms with van der Waals surface area (Å²) >= 11 is 5.83. The minimum absolute atomic E-state index is 0.00978. The molecule has 0 spiro atoms. The van der Waals surface area contributed by atoms with E-state index in [0.717, 1.165) is 6.07 Å². The van der Waals surface area contributed by atoms with Gasteiger partial charge in [0, 0.05) is 27.3 Å². The maximum absolute atomic E-state index is 13.2. The van der Waals surface area contributed by atoms with Crippen molar-refractivity contribution in [1.29, 1.82) is 0 Å². The van der Waals surface area contributed by atoms with Crippen LogP contribution in [0.3, 0.4) is 0 Å². The average molecular weight is 560 g/mol. The number of esters is 1. The Morgan fingerprint density at radius 2 is 1.41 bits per heavy atom. The number of fused-ring (bicyclic) bond motifs is 2. The molecule has 0 fully saturated rings. The summed E-state index contributed by atoms with van der Waals surface area (Å²) in [7, 11) is -4.04. The number of ketones is 2. The fraction of sp³-hybridized carbons (Fsp3) is 0.0345. The van der Waals surface area contributed by atoms with Crippen molar-refractivity contribution in [3.05, 3.63) is 124 Å². The van der Waals surface area contributed by atoms with E-state index in [-0.39, 0.29) is 37.7 Å². The van der Waals surface area contributed by atoms with E-state index >= 15 is 0 Å². The Labute approximate surface area is 228 Å². The lowest BCUT2D eigenvalue weighted by Gasteiger charge is -2.19. The minimum atomic E-state index is -4.04. The first-order valence-corrected chi connectivity index (χ1v) is 13.4. The van der Waals surface area contributed by atoms with Crippen molar-refractivity contribution >= 4 is 50.6 Å². The zero-order valence-electron chi connectivity index (χ0n) is 20.0. The molecule has 0 unspecified atom stereocenters. The number of para-hydroxylation sites is 1. The minimum Gasteiger partial charge on any atom is -0.454 e. The van der Waals surface area contributed by atoms with Gasteiger partial charge in [0.1, 0.15) is 0 Å². The Morgan fingerprint density at radius 1 is 0.769 bits per heavy atom. The quantitative estimate of drug-likeness (QED) is 0.229. The van der Waals surface area contributed by atoms with E-state index < -0.39 is 39.9 Å². The zero-order chi connectivity index (χ0) is 27.7. The molecule has 0 radical (unpaired) electrons. The van der Waals surface area contributed by atoms with Gasteiger partial charge in [-0.2, -0.15) is 0 Å². The van der Waals surface area contributed by atoms with Crippen LogP contribution in [0.2, 0.25) is 5.02 Å². The number of hydrogen-bond donors (Lipinski definition) is 1. The van der Waals surface area contributed by atoms with E-state index in [1.54, 1.807) is 30.3 Å². The molecule has 0 saturated carbocycles. The van der Waals surface area contributed by atoms with Crippen LogP contribution in [-0.4, -0.2) is 38.5 Å². The lowest BCUT2D eigenvalue weighted by atomic mass is 10.0. The second-order valence-electron chi connectivity index (χ2n) is 8.55. The highest BCUT2D eigenvalue weighted by atomic mass is 35.5. The molecule has 194 valence electrons. The predicted octanol–water partition coefficient (Wildman–Crippen LogP) is 5.01. The maximum Gasteiger partial charge on any atom is 0.340 e. The summed E-state index contributed by atoms with van der Waals surface area (Å²) < 4.78 is 31.5. The van der Waals surface area contributed by atoms with Gasteiger partial charge in [0.05, 0.1) is 21.0 Å². The highest BCUT2D eigenvalue weighted by molar-refractivity contribution is 7.91. The topological polar surface area (TPSA) is 124 Å². The molecular weight excluding hydrogens is 542 g/mol. The molecule has 0 saturated heterocycles. The van der Waals surface area contributed by atoms with E-state index in [2.05, 4.69) is 5.32 Å². The van der Waals surface area contributed by atoms with Gasteiger partial charge in [-0.15, -0.1) is 0 Å². The Hall–Kier alpha value is -4.60. The number of rotatable bonds is 6. The van der Waals surface area contributed by atoms with Crippen LogP contribution >= 0.6 is 11.6 Å². The number of halogens is 1. The molecule has 0 aliphatic carbocycles. The first kappa shape index (κ1) is 26.0. The highest BCUT2D eigenvalue weighted by Crippen LogP contribution is 2.35. The van der Waals surface area contributed by atoms with E-state index in [1.165, 1.54) is 54.6 Å². The van der Waals surface area contributed by atoms with Gasteiger partial charge in [-0.05, 0) is 66.7 Å². The van der Waals surface area contributed by atoms with E-state index in [4.69, 9.17) is 16.3 Å². The van der Waals surface area contributed by atoms with Crippen LogP contribution < -0.4 is 5.32 Å². The molecular formula is C29H18ClNO7S. The van der Waals surface area contributed by atoms with Gasteiger partial charge in [0.25, 0.3) is 5.91 Å². The van der Waals surface area contributed by atoms with Crippen molar-refractivity contribution in [2.45, 2.75) is 9.79 Å². The first-order chi connectivity index (χ1) is 18.7. The van der Waals surface area contributed by atoms with Gasteiger partial charge in [0.2, 0.25) is 9.84 Å². The predicted molar refractivity (Wildman–Crippen MR) is 142 cm³/mol. The molecule has 4 aromatic rings. The molecule has 10 heteroatoms. The summed E-state index contributed by atoms with van der Waals surface area (Å²) in [5, 5.41) is 3.04. The molecule has 39 heavy (non-hydrogen) atoms. The Bertz CT molecular complexity index is 1780. The van der Waals surface area contributed by atoms with Gasteiger partial charge >= 0.3 is 5.97 Å². The second kappa shape index (κ2) is 10.3. The number of sulfone groups is 1. The van der Waals surface area contributed by atoms with Crippen molar-refractivity contribution < 1.29 is 32.3 Å². The van der Waals surface area contributed by atoms with Crippen LogP contribution in [-0.2, 0) is 14.6 Å². The summed E-state index contributed by atoms with van der Waals surface area (Å²) in [5.74, 6) is -2.45. The number of Topliss-reactive ketones (excluding diaryl/α,β-unsaturated/α-hetero) is 1. The molecule has 1 N–H and O–H groups in total. The Kier molecular flexibility index (Phi) is 6.86. The molecule has 4 aromatic carbocycles. The van der Waals surface area contributed by atoms with Crippen molar-refractivity contribution in [2.24, 2.45) is 0 Å². The zero-order valence-corrected chi connectivity index (χ0v) is 21.6. The molecule has 1 amide bonds. The normalized spacial score (nSPS) is 13.1. The highest BCUT2D eigenvalue weighted by Gasteiger charge is 2.35. The fourth-order valence-electron chi connectivity index (χ4n) is 4.12. The number of carbonyl (C=O) groups is 4. The SMILES string of the molecule is O=C(COC(=O)c1ccccc1NC(=O)c1ccc2c(c1)S(=O)(=O)c1ccccc1C2=O)c1ccc(Cl)cc1. The smallest absolute Gasteiger partial charge is 0.340 e. The molecule has 1 aliphatic heterocycles. The number of ether oxygens (including phenoxy) is 1. The number of anilines is 1. The van der Waals surface area contributed by atoms with Crippen LogP contribution in [0.15, 0.2) is 101 Å². The maximum atomic E-state index is 13.2. The van der Waals surface area contributed by atoms with Gasteiger partial charge < -0.3 is 10.1 Å². The molecule has 5 rings (SSSR count). The Morgan fingerprint density at radius 3 is 2.18 bits per heavy atom. The van der Waals surface area contributed by atoms with Gasteiger partial charge in [-0.1, -0.05) is 35.9 Å². The van der Waals surface area contributed by atoms with Crippen molar-refractivity contribution in [3.8, 4) is 0 Å². The molecule has 0 bridgehead atoms. The second-order valence-corrected chi connectivity index (χ2v) is 10.9. The number of hydrogen-bond acceptors (Lipinski definition) is 7. The monoisotopic (exact) mass is 559 g/mol. The summed E-state index contributed by atoms with van der Waals surface area (Å²) in [6, 6.07) is 21.8. The van der Waals surface area contributed by atoms with Crippen molar-refractivity contribution in [3.63, 3.8) is 0 Å². The van der Waals surface area contributed by atoms with Gasteiger partial charge in [-0.25, -0.2) is 13.2 Å². The molecule has 8 nitrogen and oxygen atoms in total. The number of benzene rings is 4. The van der Waals surface area contributed by atoms with E-state index in [9.17, 15) is 27.6 Å². The van der Waals surface area contributed by atoms with Gasteiger partial charge in [-0.3, -0.25) is 14.4 Å². The molecule has 1 aliphatic rings. The number of nitrogens with one attached hydrogen (secondary N) is 1. The summed E-state index contributed by atoms with van der Waals surface area (Å²) in [6.45, 7) is -0.527. The molecule has 1 heterocycles. The first-order valence-electron chi connectivity index (χ1n) is 11.6. The van der Waals surface area contributed by atoms with Gasteiger partial charge in [0.15, 0.2) is 18.2 Å². The third-order valence-corrected chi connectivity index (χ3v) is 8.20.